The predicted molar refractivity (Wildman–Crippen MR) is 111 cm³/mol. The van der Waals surface area contributed by atoms with Gasteiger partial charge in [0, 0.05) is 19.2 Å². The molecule has 158 valence electrons. The standard InChI is InChI=1S/C22H29NO5S/c1-16(2)13-23(14-20(24)17(3)11-18-7-5-4-6-8-18)29(25,26)19-9-10-21-22(12-19)28-15-27-21/h4-10,12,16-17,20,24H,11,13-15H2,1-3H3. The molecular weight excluding hydrogens is 390 g/mol. The van der Waals surface area contributed by atoms with Gasteiger partial charge in [-0.15, -0.1) is 0 Å². The van der Waals surface area contributed by atoms with Gasteiger partial charge in [0.25, 0.3) is 0 Å². The lowest BCUT2D eigenvalue weighted by Gasteiger charge is -2.29. The zero-order valence-corrected chi connectivity index (χ0v) is 17.9. The second-order valence-electron chi connectivity index (χ2n) is 7.97. The van der Waals surface area contributed by atoms with Crippen LogP contribution in [-0.2, 0) is 16.4 Å². The van der Waals surface area contributed by atoms with E-state index in [4.69, 9.17) is 9.47 Å². The normalized spacial score (nSPS) is 15.7. The first-order chi connectivity index (χ1) is 13.8. The molecular formula is C22H29NO5S. The lowest BCUT2D eigenvalue weighted by atomic mass is 9.96. The molecule has 0 amide bonds. The quantitative estimate of drug-likeness (QED) is 0.675. The molecule has 2 aromatic rings. The monoisotopic (exact) mass is 419 g/mol. The minimum atomic E-state index is -3.78. The van der Waals surface area contributed by atoms with E-state index in [0.29, 0.717) is 24.5 Å². The van der Waals surface area contributed by atoms with Crippen molar-refractivity contribution in [1.29, 1.82) is 0 Å². The van der Waals surface area contributed by atoms with Crippen LogP contribution in [0.4, 0.5) is 0 Å². The summed E-state index contributed by atoms with van der Waals surface area (Å²) in [5.41, 5.74) is 1.12. The van der Waals surface area contributed by atoms with E-state index in [1.807, 2.05) is 51.1 Å². The first-order valence-corrected chi connectivity index (χ1v) is 11.3. The van der Waals surface area contributed by atoms with E-state index in [0.717, 1.165) is 5.56 Å². The summed E-state index contributed by atoms with van der Waals surface area (Å²) in [4.78, 5) is 0.144. The molecule has 29 heavy (non-hydrogen) atoms. The molecule has 0 aromatic heterocycles. The minimum Gasteiger partial charge on any atom is -0.454 e. The molecule has 1 aliphatic heterocycles. The zero-order valence-electron chi connectivity index (χ0n) is 17.1. The molecule has 0 saturated heterocycles. The van der Waals surface area contributed by atoms with Gasteiger partial charge < -0.3 is 14.6 Å². The Balaban J connectivity index is 1.77. The van der Waals surface area contributed by atoms with Crippen LogP contribution < -0.4 is 9.47 Å². The minimum absolute atomic E-state index is 0.0446. The summed E-state index contributed by atoms with van der Waals surface area (Å²) in [6.45, 7) is 6.32. The van der Waals surface area contributed by atoms with E-state index >= 15 is 0 Å². The summed E-state index contributed by atoms with van der Waals surface area (Å²) >= 11 is 0. The second kappa shape index (κ2) is 9.15. The summed E-state index contributed by atoms with van der Waals surface area (Å²) in [5.74, 6) is 0.999. The molecule has 2 aromatic carbocycles. The highest BCUT2D eigenvalue weighted by atomic mass is 32.2. The van der Waals surface area contributed by atoms with Gasteiger partial charge in [-0.05, 0) is 36.0 Å². The Kier molecular flexibility index (Phi) is 6.82. The maximum absolute atomic E-state index is 13.3. The van der Waals surface area contributed by atoms with Gasteiger partial charge in [0.05, 0.1) is 11.0 Å². The fraction of sp³-hybridized carbons (Fsp3) is 0.455. The van der Waals surface area contributed by atoms with Crippen molar-refractivity contribution in [2.45, 2.75) is 38.2 Å². The number of rotatable bonds is 9. The molecule has 0 spiro atoms. The number of hydrogen-bond donors (Lipinski definition) is 1. The maximum atomic E-state index is 13.3. The van der Waals surface area contributed by atoms with Crippen LogP contribution in [0.25, 0.3) is 0 Å². The Morgan fingerprint density at radius 3 is 2.38 bits per heavy atom. The van der Waals surface area contributed by atoms with Crippen molar-refractivity contribution in [3.05, 3.63) is 54.1 Å². The van der Waals surface area contributed by atoms with E-state index in [-0.39, 0.29) is 30.1 Å². The smallest absolute Gasteiger partial charge is 0.243 e. The Bertz CT molecular complexity index is 914. The van der Waals surface area contributed by atoms with Crippen LogP contribution in [0.3, 0.4) is 0 Å². The number of aliphatic hydroxyl groups excluding tert-OH is 1. The molecule has 0 radical (unpaired) electrons. The summed E-state index contributed by atoms with van der Waals surface area (Å²) < 4.78 is 38.6. The van der Waals surface area contributed by atoms with Crippen molar-refractivity contribution in [2.75, 3.05) is 19.9 Å². The summed E-state index contributed by atoms with van der Waals surface area (Å²) in [5, 5.41) is 10.8. The molecule has 0 aliphatic carbocycles. The highest BCUT2D eigenvalue weighted by molar-refractivity contribution is 7.89. The molecule has 1 N–H and O–H groups in total. The summed E-state index contributed by atoms with van der Waals surface area (Å²) in [6.07, 6.45) is -0.0977. The number of hydrogen-bond acceptors (Lipinski definition) is 5. The van der Waals surface area contributed by atoms with Gasteiger partial charge in [0.2, 0.25) is 16.8 Å². The molecule has 3 rings (SSSR count). The molecule has 0 bridgehead atoms. The second-order valence-corrected chi connectivity index (χ2v) is 9.90. The number of nitrogens with zero attached hydrogens (tertiary/aromatic N) is 1. The molecule has 2 unspecified atom stereocenters. The van der Waals surface area contributed by atoms with E-state index in [1.165, 1.54) is 16.4 Å². The first kappa shape index (κ1) is 21.6. The van der Waals surface area contributed by atoms with Crippen LogP contribution in [0.1, 0.15) is 26.3 Å². The third-order valence-electron chi connectivity index (χ3n) is 5.00. The Hall–Kier alpha value is -2.09. The van der Waals surface area contributed by atoms with Crippen LogP contribution in [0.2, 0.25) is 0 Å². The molecule has 6 nitrogen and oxygen atoms in total. The SMILES string of the molecule is CC(C)CN(CC(O)C(C)Cc1ccccc1)S(=O)(=O)c1ccc2c(c1)OCO2. The van der Waals surface area contributed by atoms with Crippen LogP contribution in [0.15, 0.2) is 53.4 Å². The van der Waals surface area contributed by atoms with Gasteiger partial charge in [-0.3, -0.25) is 0 Å². The van der Waals surface area contributed by atoms with Crippen molar-refractivity contribution in [3.8, 4) is 11.5 Å². The molecule has 0 fully saturated rings. The number of benzene rings is 2. The van der Waals surface area contributed by atoms with E-state index < -0.39 is 16.1 Å². The molecule has 7 heteroatoms. The van der Waals surface area contributed by atoms with Crippen molar-refractivity contribution >= 4 is 10.0 Å². The van der Waals surface area contributed by atoms with Crippen molar-refractivity contribution in [1.82, 2.24) is 4.31 Å². The van der Waals surface area contributed by atoms with E-state index in [9.17, 15) is 13.5 Å². The zero-order chi connectivity index (χ0) is 21.0. The Morgan fingerprint density at radius 1 is 1.00 bits per heavy atom. The number of fused-ring (bicyclic) bond motifs is 1. The van der Waals surface area contributed by atoms with Crippen LogP contribution >= 0.6 is 0 Å². The van der Waals surface area contributed by atoms with Crippen LogP contribution in [0.5, 0.6) is 11.5 Å². The van der Waals surface area contributed by atoms with Gasteiger partial charge in [-0.25, -0.2) is 8.42 Å². The van der Waals surface area contributed by atoms with Crippen LogP contribution in [-0.4, -0.2) is 43.8 Å². The molecule has 2 atom stereocenters. The number of aliphatic hydroxyl groups is 1. The van der Waals surface area contributed by atoms with Crippen LogP contribution in [0, 0.1) is 11.8 Å². The van der Waals surface area contributed by atoms with Gasteiger partial charge in [-0.1, -0.05) is 51.1 Å². The number of ether oxygens (including phenoxy) is 2. The topological polar surface area (TPSA) is 76.1 Å². The highest BCUT2D eigenvalue weighted by Gasteiger charge is 2.30. The predicted octanol–water partition coefficient (Wildman–Crippen LogP) is 3.30. The van der Waals surface area contributed by atoms with E-state index in [1.54, 1.807) is 6.07 Å². The molecule has 1 heterocycles. The van der Waals surface area contributed by atoms with Gasteiger partial charge >= 0.3 is 0 Å². The lowest BCUT2D eigenvalue weighted by molar-refractivity contribution is 0.0919. The third-order valence-corrected chi connectivity index (χ3v) is 6.83. The number of sulfonamides is 1. The average Bonchev–Trinajstić information content (AvgIpc) is 3.15. The Labute approximate surface area is 173 Å². The Morgan fingerprint density at radius 2 is 1.69 bits per heavy atom. The maximum Gasteiger partial charge on any atom is 0.243 e. The largest absolute Gasteiger partial charge is 0.454 e. The fourth-order valence-electron chi connectivity index (χ4n) is 3.37. The first-order valence-electron chi connectivity index (χ1n) is 9.89. The van der Waals surface area contributed by atoms with E-state index in [2.05, 4.69) is 0 Å². The van der Waals surface area contributed by atoms with Crippen molar-refractivity contribution in [3.63, 3.8) is 0 Å². The summed E-state index contributed by atoms with van der Waals surface area (Å²) in [7, 11) is -3.78. The lowest BCUT2D eigenvalue weighted by Crippen LogP contribution is -2.42. The fourth-order valence-corrected chi connectivity index (χ4v) is 5.01. The van der Waals surface area contributed by atoms with Gasteiger partial charge in [0.15, 0.2) is 11.5 Å². The average molecular weight is 420 g/mol. The molecule has 0 saturated carbocycles. The van der Waals surface area contributed by atoms with Gasteiger partial charge in [-0.2, -0.15) is 4.31 Å². The highest BCUT2D eigenvalue weighted by Crippen LogP contribution is 2.35. The molecule has 1 aliphatic rings. The van der Waals surface area contributed by atoms with Crippen molar-refractivity contribution in [2.24, 2.45) is 11.8 Å². The van der Waals surface area contributed by atoms with Crippen molar-refractivity contribution < 1.29 is 23.0 Å². The third kappa shape index (κ3) is 5.29. The summed E-state index contributed by atoms with van der Waals surface area (Å²) in [6, 6.07) is 14.5. The van der Waals surface area contributed by atoms with Gasteiger partial charge in [0.1, 0.15) is 0 Å².